The number of nitrogens with one attached hydrogen (secondary N) is 1. The van der Waals surface area contributed by atoms with Crippen LogP contribution in [-0.4, -0.2) is 30.4 Å². The van der Waals surface area contributed by atoms with E-state index < -0.39 is 0 Å². The second-order valence-electron chi connectivity index (χ2n) is 6.20. The van der Waals surface area contributed by atoms with Gasteiger partial charge in [-0.1, -0.05) is 31.4 Å². The SMILES string of the molecule is CC(C(=O)Nc1ccccc1N)N(C)CC1CCCCC1. The van der Waals surface area contributed by atoms with Gasteiger partial charge in [-0.3, -0.25) is 9.69 Å². The fourth-order valence-corrected chi connectivity index (χ4v) is 2.98. The first kappa shape index (κ1) is 15.8. The zero-order valence-corrected chi connectivity index (χ0v) is 13.1. The van der Waals surface area contributed by atoms with Crippen LogP contribution in [0, 0.1) is 5.92 Å². The number of likely N-dealkylation sites (N-methyl/N-ethyl adjacent to an activating group) is 1. The van der Waals surface area contributed by atoms with Crippen molar-refractivity contribution in [3.63, 3.8) is 0 Å². The van der Waals surface area contributed by atoms with Crippen molar-refractivity contribution in [1.82, 2.24) is 4.90 Å². The molecule has 0 spiro atoms. The van der Waals surface area contributed by atoms with Crippen molar-refractivity contribution in [3.8, 4) is 0 Å². The number of nitrogens with two attached hydrogens (primary N) is 1. The van der Waals surface area contributed by atoms with Crippen LogP contribution in [0.3, 0.4) is 0 Å². The Bertz CT molecular complexity index is 469. The van der Waals surface area contributed by atoms with Crippen LogP contribution in [0.25, 0.3) is 0 Å². The van der Waals surface area contributed by atoms with Crippen molar-refractivity contribution in [2.45, 2.75) is 45.1 Å². The minimum atomic E-state index is -0.147. The minimum absolute atomic E-state index is 0.00575. The van der Waals surface area contributed by atoms with Crippen LogP contribution >= 0.6 is 0 Å². The molecular weight excluding hydrogens is 262 g/mol. The molecule has 4 nitrogen and oxygen atoms in total. The number of amides is 1. The summed E-state index contributed by atoms with van der Waals surface area (Å²) in [6.07, 6.45) is 6.62. The summed E-state index contributed by atoms with van der Waals surface area (Å²) in [7, 11) is 2.03. The summed E-state index contributed by atoms with van der Waals surface area (Å²) < 4.78 is 0. The molecule has 0 heterocycles. The van der Waals surface area contributed by atoms with E-state index in [1.54, 1.807) is 6.07 Å². The van der Waals surface area contributed by atoms with Crippen LogP contribution in [0.5, 0.6) is 0 Å². The molecular formula is C17H27N3O. The quantitative estimate of drug-likeness (QED) is 0.819. The third-order valence-corrected chi connectivity index (χ3v) is 4.53. The topological polar surface area (TPSA) is 58.4 Å². The lowest BCUT2D eigenvalue weighted by atomic mass is 9.89. The third-order valence-electron chi connectivity index (χ3n) is 4.53. The standard InChI is InChI=1S/C17H27N3O/c1-13(20(2)12-14-8-4-3-5-9-14)17(21)19-16-11-7-6-10-15(16)18/h6-7,10-11,13-14H,3-5,8-9,12,18H2,1-2H3,(H,19,21). The third kappa shape index (κ3) is 4.46. The number of para-hydroxylation sites is 2. The van der Waals surface area contributed by atoms with Gasteiger partial charge in [0, 0.05) is 6.54 Å². The molecule has 0 bridgehead atoms. The second kappa shape index (κ2) is 7.46. The van der Waals surface area contributed by atoms with Crippen LogP contribution in [-0.2, 0) is 4.79 Å². The van der Waals surface area contributed by atoms with Gasteiger partial charge in [0.1, 0.15) is 0 Å². The number of carbonyl (C=O) groups excluding carboxylic acids is 1. The van der Waals surface area contributed by atoms with Crippen LogP contribution in [0.1, 0.15) is 39.0 Å². The first-order valence-electron chi connectivity index (χ1n) is 7.93. The van der Waals surface area contributed by atoms with Gasteiger partial charge >= 0.3 is 0 Å². The van der Waals surface area contributed by atoms with Crippen molar-refractivity contribution in [2.24, 2.45) is 5.92 Å². The molecule has 0 aliphatic heterocycles. The average molecular weight is 289 g/mol. The van der Waals surface area contributed by atoms with E-state index in [0.29, 0.717) is 11.4 Å². The Kier molecular flexibility index (Phi) is 5.62. The Morgan fingerprint density at radius 2 is 2.00 bits per heavy atom. The maximum Gasteiger partial charge on any atom is 0.241 e. The number of rotatable bonds is 5. The molecule has 1 aliphatic rings. The summed E-state index contributed by atoms with van der Waals surface area (Å²) >= 11 is 0. The molecule has 0 radical (unpaired) electrons. The molecule has 1 aliphatic carbocycles. The molecule has 1 unspecified atom stereocenters. The van der Waals surface area contributed by atoms with Gasteiger partial charge in [-0.25, -0.2) is 0 Å². The predicted molar refractivity (Wildman–Crippen MR) is 88.2 cm³/mol. The highest BCUT2D eigenvalue weighted by Crippen LogP contribution is 2.25. The van der Waals surface area contributed by atoms with E-state index in [2.05, 4.69) is 10.2 Å². The van der Waals surface area contributed by atoms with E-state index in [1.807, 2.05) is 32.2 Å². The number of hydrogen-bond acceptors (Lipinski definition) is 3. The fraction of sp³-hybridized carbons (Fsp3) is 0.588. The number of carbonyl (C=O) groups is 1. The van der Waals surface area contributed by atoms with E-state index in [-0.39, 0.29) is 11.9 Å². The summed E-state index contributed by atoms with van der Waals surface area (Å²) in [6, 6.07) is 7.23. The molecule has 4 heteroatoms. The summed E-state index contributed by atoms with van der Waals surface area (Å²) in [6.45, 7) is 2.95. The molecule has 1 amide bonds. The normalized spacial score (nSPS) is 17.7. The van der Waals surface area contributed by atoms with E-state index in [9.17, 15) is 4.79 Å². The Balaban J connectivity index is 1.87. The highest BCUT2D eigenvalue weighted by Gasteiger charge is 2.22. The molecule has 116 valence electrons. The average Bonchev–Trinajstić information content (AvgIpc) is 2.49. The number of nitrogen functional groups attached to an aromatic ring is 1. The molecule has 0 saturated heterocycles. The van der Waals surface area contributed by atoms with Gasteiger partial charge in [0.15, 0.2) is 0 Å². The highest BCUT2D eigenvalue weighted by atomic mass is 16.2. The van der Waals surface area contributed by atoms with Crippen LogP contribution in [0.2, 0.25) is 0 Å². The second-order valence-corrected chi connectivity index (χ2v) is 6.20. The lowest BCUT2D eigenvalue weighted by molar-refractivity contribution is -0.120. The molecule has 1 aromatic rings. The van der Waals surface area contributed by atoms with Gasteiger partial charge in [0.2, 0.25) is 5.91 Å². The van der Waals surface area contributed by atoms with E-state index >= 15 is 0 Å². The number of hydrogen-bond donors (Lipinski definition) is 2. The number of nitrogens with zero attached hydrogens (tertiary/aromatic N) is 1. The smallest absolute Gasteiger partial charge is 0.241 e. The maximum atomic E-state index is 12.3. The molecule has 1 atom stereocenters. The van der Waals surface area contributed by atoms with Crippen LogP contribution < -0.4 is 11.1 Å². The van der Waals surface area contributed by atoms with Gasteiger partial charge in [-0.05, 0) is 44.9 Å². The van der Waals surface area contributed by atoms with Gasteiger partial charge in [-0.2, -0.15) is 0 Å². The van der Waals surface area contributed by atoms with Gasteiger partial charge in [0.05, 0.1) is 17.4 Å². The molecule has 21 heavy (non-hydrogen) atoms. The molecule has 1 saturated carbocycles. The summed E-state index contributed by atoms with van der Waals surface area (Å²) in [4.78, 5) is 14.5. The van der Waals surface area contributed by atoms with Crippen molar-refractivity contribution >= 4 is 17.3 Å². The molecule has 2 rings (SSSR count). The molecule has 0 aromatic heterocycles. The summed E-state index contributed by atoms with van der Waals surface area (Å²) in [5.74, 6) is 0.743. The largest absolute Gasteiger partial charge is 0.397 e. The lowest BCUT2D eigenvalue weighted by Crippen LogP contribution is -2.42. The minimum Gasteiger partial charge on any atom is -0.397 e. The Hall–Kier alpha value is -1.55. The predicted octanol–water partition coefficient (Wildman–Crippen LogP) is 3.11. The number of anilines is 2. The Labute approximate surface area is 127 Å². The molecule has 3 N–H and O–H groups in total. The van der Waals surface area contributed by atoms with Crippen molar-refractivity contribution in [2.75, 3.05) is 24.6 Å². The highest BCUT2D eigenvalue weighted by molar-refractivity contribution is 5.96. The van der Waals surface area contributed by atoms with Gasteiger partial charge in [0.25, 0.3) is 0 Å². The van der Waals surface area contributed by atoms with E-state index in [0.717, 1.165) is 12.5 Å². The van der Waals surface area contributed by atoms with Crippen LogP contribution in [0.4, 0.5) is 11.4 Å². The maximum absolute atomic E-state index is 12.3. The van der Waals surface area contributed by atoms with Gasteiger partial charge in [-0.15, -0.1) is 0 Å². The zero-order chi connectivity index (χ0) is 15.2. The van der Waals surface area contributed by atoms with Crippen molar-refractivity contribution < 1.29 is 4.79 Å². The molecule has 1 aromatic carbocycles. The lowest BCUT2D eigenvalue weighted by Gasteiger charge is -2.30. The summed E-state index contributed by atoms with van der Waals surface area (Å²) in [5, 5.41) is 2.92. The van der Waals surface area contributed by atoms with Gasteiger partial charge < -0.3 is 11.1 Å². The fourth-order valence-electron chi connectivity index (χ4n) is 2.98. The first-order valence-corrected chi connectivity index (χ1v) is 7.93. The zero-order valence-electron chi connectivity index (χ0n) is 13.1. The Morgan fingerprint density at radius 1 is 1.33 bits per heavy atom. The first-order chi connectivity index (χ1) is 10.1. The number of benzene rings is 1. The molecule has 1 fully saturated rings. The van der Waals surface area contributed by atoms with Crippen molar-refractivity contribution in [1.29, 1.82) is 0 Å². The van der Waals surface area contributed by atoms with Crippen LogP contribution in [0.15, 0.2) is 24.3 Å². The Morgan fingerprint density at radius 3 is 2.67 bits per heavy atom. The van der Waals surface area contributed by atoms with E-state index in [4.69, 9.17) is 5.73 Å². The van der Waals surface area contributed by atoms with E-state index in [1.165, 1.54) is 32.1 Å². The summed E-state index contributed by atoms with van der Waals surface area (Å²) in [5.41, 5.74) is 7.17. The van der Waals surface area contributed by atoms with Crippen molar-refractivity contribution in [3.05, 3.63) is 24.3 Å². The monoisotopic (exact) mass is 289 g/mol.